The Morgan fingerprint density at radius 1 is 1.24 bits per heavy atom. The maximum absolute atomic E-state index is 5.77. The van der Waals surface area contributed by atoms with Crippen LogP contribution in [0.3, 0.4) is 0 Å². The molecule has 25 heavy (non-hydrogen) atoms. The smallest absolute Gasteiger partial charge is 0.190 e. The van der Waals surface area contributed by atoms with Crippen LogP contribution in [-0.4, -0.2) is 43.8 Å². The van der Waals surface area contributed by atoms with E-state index in [4.69, 9.17) is 4.74 Å². The zero-order valence-electron chi connectivity index (χ0n) is 16.5. The molecule has 0 radical (unpaired) electrons. The normalized spacial score (nSPS) is 13.0. The van der Waals surface area contributed by atoms with Gasteiger partial charge in [-0.25, -0.2) is 4.98 Å². The summed E-state index contributed by atoms with van der Waals surface area (Å²) in [6, 6.07) is 0. The molecule has 1 aromatic heterocycles. The van der Waals surface area contributed by atoms with Crippen LogP contribution in [0.15, 0.2) is 10.4 Å². The van der Waals surface area contributed by atoms with Crippen molar-refractivity contribution in [1.29, 1.82) is 0 Å². The second kappa shape index (κ2) is 13.7. The van der Waals surface area contributed by atoms with Crippen LogP contribution < -0.4 is 10.6 Å². The Morgan fingerprint density at radius 2 is 1.92 bits per heavy atom. The largest absolute Gasteiger partial charge is 0.378 e. The lowest BCUT2D eigenvalue weighted by molar-refractivity contribution is 0.0258. The molecular weight excluding hydrogens is 447 g/mol. The molecule has 1 unspecified atom stereocenters. The zero-order valence-corrected chi connectivity index (χ0v) is 19.6. The van der Waals surface area contributed by atoms with E-state index in [1.54, 1.807) is 18.4 Å². The van der Waals surface area contributed by atoms with Crippen LogP contribution in [-0.2, 0) is 11.2 Å². The highest BCUT2D eigenvalue weighted by Gasteiger charge is 2.13. The van der Waals surface area contributed by atoms with E-state index >= 15 is 0 Å². The van der Waals surface area contributed by atoms with Crippen LogP contribution in [0.5, 0.6) is 0 Å². The molecule has 1 aromatic rings. The summed E-state index contributed by atoms with van der Waals surface area (Å²) in [5.41, 5.74) is 1.16. The summed E-state index contributed by atoms with van der Waals surface area (Å²) in [5.74, 6) is 1.88. The van der Waals surface area contributed by atoms with Crippen LogP contribution in [0.2, 0.25) is 0 Å². The highest BCUT2D eigenvalue weighted by molar-refractivity contribution is 14.0. The van der Waals surface area contributed by atoms with E-state index in [0.717, 1.165) is 44.2 Å². The Bertz CT molecular complexity index is 491. The lowest BCUT2D eigenvalue weighted by atomic mass is 10.0. The van der Waals surface area contributed by atoms with E-state index < -0.39 is 0 Å². The molecule has 146 valence electrons. The summed E-state index contributed by atoms with van der Waals surface area (Å²) in [4.78, 5) is 8.94. The van der Waals surface area contributed by atoms with Gasteiger partial charge in [0, 0.05) is 44.5 Å². The minimum absolute atomic E-state index is 0. The minimum atomic E-state index is 0. The zero-order chi connectivity index (χ0) is 17.9. The molecule has 5 nitrogen and oxygen atoms in total. The summed E-state index contributed by atoms with van der Waals surface area (Å²) in [7, 11) is 1.80. The highest BCUT2D eigenvalue weighted by Crippen LogP contribution is 2.19. The van der Waals surface area contributed by atoms with Crippen molar-refractivity contribution in [3.8, 4) is 0 Å². The van der Waals surface area contributed by atoms with E-state index in [1.165, 1.54) is 5.01 Å². The van der Waals surface area contributed by atoms with Gasteiger partial charge in [0.25, 0.3) is 0 Å². The Labute approximate surface area is 174 Å². The molecule has 0 aromatic carbocycles. The van der Waals surface area contributed by atoms with Crippen LogP contribution in [0.1, 0.15) is 57.7 Å². The first-order valence-corrected chi connectivity index (χ1v) is 9.86. The number of ether oxygens (including phenoxy) is 1. The third-order valence-electron chi connectivity index (χ3n) is 3.81. The standard InChI is InChI=1S/C18H34N4OS.HI/c1-7-23-16(13(2)3)9-11-21-18(19-6)20-10-8-15-12-24-17(22-15)14(4)5;/h12-14,16H,7-11H2,1-6H3,(H2,19,20,21);1H. The molecule has 0 bridgehead atoms. The van der Waals surface area contributed by atoms with E-state index in [1.807, 2.05) is 6.92 Å². The summed E-state index contributed by atoms with van der Waals surface area (Å²) in [6.07, 6.45) is 2.19. The summed E-state index contributed by atoms with van der Waals surface area (Å²) in [5, 5.41) is 10.1. The predicted molar refractivity (Wildman–Crippen MR) is 120 cm³/mol. The van der Waals surface area contributed by atoms with Gasteiger partial charge in [0.15, 0.2) is 5.96 Å². The Kier molecular flexibility index (Phi) is 13.5. The average molecular weight is 482 g/mol. The Morgan fingerprint density at radius 3 is 2.44 bits per heavy atom. The molecule has 1 rings (SSSR count). The molecule has 0 aliphatic carbocycles. The average Bonchev–Trinajstić information content (AvgIpc) is 3.01. The quantitative estimate of drug-likeness (QED) is 0.300. The van der Waals surface area contributed by atoms with Crippen molar-refractivity contribution in [2.75, 3.05) is 26.7 Å². The van der Waals surface area contributed by atoms with Gasteiger partial charge in [-0.2, -0.15) is 0 Å². The van der Waals surface area contributed by atoms with Crippen LogP contribution >= 0.6 is 35.3 Å². The van der Waals surface area contributed by atoms with Gasteiger partial charge in [0.2, 0.25) is 0 Å². The van der Waals surface area contributed by atoms with E-state index in [-0.39, 0.29) is 24.0 Å². The molecular formula is C18H35IN4OS. The molecule has 2 N–H and O–H groups in total. The van der Waals surface area contributed by atoms with Gasteiger partial charge in [0.05, 0.1) is 16.8 Å². The van der Waals surface area contributed by atoms with Crippen molar-refractivity contribution < 1.29 is 4.74 Å². The Hall–Kier alpha value is -0.410. The SMILES string of the molecule is CCOC(CCNC(=NC)NCCc1csc(C(C)C)n1)C(C)C.I. The first kappa shape index (κ1) is 24.6. The van der Waals surface area contributed by atoms with Gasteiger partial charge < -0.3 is 15.4 Å². The van der Waals surface area contributed by atoms with Gasteiger partial charge in [-0.05, 0) is 19.3 Å². The second-order valence-corrected chi connectivity index (χ2v) is 7.42. The van der Waals surface area contributed by atoms with Crippen LogP contribution in [0, 0.1) is 5.92 Å². The number of aliphatic imine (C=N–C) groups is 1. The second-order valence-electron chi connectivity index (χ2n) is 6.53. The first-order valence-electron chi connectivity index (χ1n) is 8.98. The predicted octanol–water partition coefficient (Wildman–Crippen LogP) is 4.04. The number of aromatic nitrogens is 1. The van der Waals surface area contributed by atoms with Crippen LogP contribution in [0.25, 0.3) is 0 Å². The molecule has 0 saturated heterocycles. The fraction of sp³-hybridized carbons (Fsp3) is 0.778. The van der Waals surface area contributed by atoms with Crippen molar-refractivity contribution in [3.63, 3.8) is 0 Å². The molecule has 0 aliphatic rings. The minimum Gasteiger partial charge on any atom is -0.378 e. The monoisotopic (exact) mass is 482 g/mol. The van der Waals surface area contributed by atoms with Crippen molar-refractivity contribution in [2.45, 2.75) is 59.5 Å². The molecule has 0 spiro atoms. The lowest BCUT2D eigenvalue weighted by Crippen LogP contribution is -2.40. The van der Waals surface area contributed by atoms with Crippen LogP contribution in [0.4, 0.5) is 0 Å². The number of thiazole rings is 1. The Balaban J connectivity index is 0.00000576. The summed E-state index contributed by atoms with van der Waals surface area (Å²) >= 11 is 1.75. The molecule has 7 heteroatoms. The number of hydrogen-bond donors (Lipinski definition) is 2. The van der Waals surface area contributed by atoms with E-state index in [2.05, 4.69) is 53.7 Å². The number of guanidine groups is 1. The summed E-state index contributed by atoms with van der Waals surface area (Å²) in [6.45, 7) is 13.3. The third-order valence-corrected chi connectivity index (χ3v) is 5.00. The first-order chi connectivity index (χ1) is 11.5. The van der Waals surface area contributed by atoms with Gasteiger partial charge in [-0.15, -0.1) is 35.3 Å². The third kappa shape index (κ3) is 9.75. The number of nitrogens with zero attached hydrogens (tertiary/aromatic N) is 2. The fourth-order valence-electron chi connectivity index (χ4n) is 2.39. The van der Waals surface area contributed by atoms with Crippen molar-refractivity contribution in [2.24, 2.45) is 10.9 Å². The van der Waals surface area contributed by atoms with Gasteiger partial charge in [0.1, 0.15) is 0 Å². The number of hydrogen-bond acceptors (Lipinski definition) is 4. The van der Waals surface area contributed by atoms with Gasteiger partial charge in [-0.1, -0.05) is 27.7 Å². The maximum Gasteiger partial charge on any atom is 0.190 e. The van der Waals surface area contributed by atoms with E-state index in [9.17, 15) is 0 Å². The molecule has 0 amide bonds. The topological polar surface area (TPSA) is 58.5 Å². The number of rotatable bonds is 10. The maximum atomic E-state index is 5.77. The molecule has 0 saturated carbocycles. The molecule has 0 fully saturated rings. The summed E-state index contributed by atoms with van der Waals surface area (Å²) < 4.78 is 5.77. The molecule has 1 heterocycles. The van der Waals surface area contributed by atoms with Gasteiger partial charge >= 0.3 is 0 Å². The molecule has 1 atom stereocenters. The van der Waals surface area contributed by atoms with Crippen molar-refractivity contribution in [3.05, 3.63) is 16.1 Å². The molecule has 0 aliphatic heterocycles. The van der Waals surface area contributed by atoms with E-state index in [0.29, 0.717) is 17.9 Å². The highest BCUT2D eigenvalue weighted by atomic mass is 127. The van der Waals surface area contributed by atoms with Crippen molar-refractivity contribution in [1.82, 2.24) is 15.6 Å². The fourth-order valence-corrected chi connectivity index (χ4v) is 3.26. The number of halogens is 1. The van der Waals surface area contributed by atoms with Crippen molar-refractivity contribution >= 4 is 41.3 Å². The number of nitrogens with one attached hydrogen (secondary N) is 2. The van der Waals surface area contributed by atoms with Gasteiger partial charge in [-0.3, -0.25) is 4.99 Å². The lowest BCUT2D eigenvalue weighted by Gasteiger charge is -2.21.